The molecule has 2 spiro atoms. The van der Waals surface area contributed by atoms with Crippen molar-refractivity contribution in [2.45, 2.75) is 126 Å². The number of alkyl halides is 2. The zero-order valence-corrected chi connectivity index (χ0v) is 24.1. The Morgan fingerprint density at radius 1 is 0.925 bits per heavy atom. The normalized spacial score (nSPS) is 37.4. The van der Waals surface area contributed by atoms with E-state index in [4.69, 9.17) is 4.74 Å². The standard InChI is InChI=1S/C36H45F2NO/c1-25-7-11-28(30-13-12-29-15-19-39-24-31(29)20-30)5-2-6-33-21-32-14-10-27(22-34(32)17-18-36(25,33)40-34)9-8-26-4-3-16-35(37,38)23-26/h6,12-13,15,19-21,24-28H,2-5,7-11,14,16-18,22-23H2,1H3. The van der Waals surface area contributed by atoms with E-state index in [0.29, 0.717) is 24.2 Å². The van der Waals surface area contributed by atoms with Gasteiger partial charge in [-0.1, -0.05) is 44.1 Å². The molecule has 1 aromatic heterocycles. The molecule has 5 aliphatic rings. The molecule has 2 aromatic rings. The van der Waals surface area contributed by atoms with Gasteiger partial charge in [0.2, 0.25) is 5.92 Å². The zero-order valence-electron chi connectivity index (χ0n) is 24.1. The average Bonchev–Trinajstić information content (AvgIpc) is 3.30. The molecule has 6 atom stereocenters. The molecule has 7 rings (SSSR count). The number of fused-ring (bicyclic) bond motifs is 1. The number of pyridine rings is 1. The molecule has 0 amide bonds. The summed E-state index contributed by atoms with van der Waals surface area (Å²) in [7, 11) is 0. The Balaban J connectivity index is 1.06. The maximum atomic E-state index is 14.0. The number of hydrogen-bond donors (Lipinski definition) is 0. The molecule has 4 heteroatoms. The third-order valence-electron chi connectivity index (χ3n) is 11.6. The average molecular weight is 546 g/mol. The highest BCUT2D eigenvalue weighted by Gasteiger charge is 2.58. The molecule has 214 valence electrons. The lowest BCUT2D eigenvalue weighted by Gasteiger charge is -2.48. The van der Waals surface area contributed by atoms with Gasteiger partial charge in [0.25, 0.3) is 0 Å². The number of rotatable bonds is 4. The second-order valence-corrected chi connectivity index (χ2v) is 14.1. The smallest absolute Gasteiger partial charge is 0.248 e. The van der Waals surface area contributed by atoms with Crippen LogP contribution in [0.5, 0.6) is 0 Å². The number of halogens is 2. The first kappa shape index (κ1) is 26.8. The second kappa shape index (κ2) is 10.3. The summed E-state index contributed by atoms with van der Waals surface area (Å²) in [6.07, 6.45) is 23.2. The highest BCUT2D eigenvalue weighted by atomic mass is 19.3. The molecule has 2 bridgehead atoms. The van der Waals surface area contributed by atoms with Crippen molar-refractivity contribution >= 4 is 10.8 Å². The van der Waals surface area contributed by atoms with Crippen LogP contribution in [0.25, 0.3) is 10.8 Å². The number of allylic oxidation sites excluding steroid dienone is 1. The van der Waals surface area contributed by atoms with Gasteiger partial charge in [0.05, 0.1) is 11.2 Å². The summed E-state index contributed by atoms with van der Waals surface area (Å²) in [6, 6.07) is 9.05. The quantitative estimate of drug-likeness (QED) is 0.381. The third kappa shape index (κ3) is 4.86. The van der Waals surface area contributed by atoms with E-state index in [1.807, 2.05) is 12.4 Å². The Morgan fingerprint density at radius 2 is 1.80 bits per heavy atom. The van der Waals surface area contributed by atoms with Crippen LogP contribution < -0.4 is 0 Å². The lowest BCUT2D eigenvalue weighted by molar-refractivity contribution is -0.115. The van der Waals surface area contributed by atoms with Crippen molar-refractivity contribution < 1.29 is 13.5 Å². The van der Waals surface area contributed by atoms with Crippen LogP contribution in [0.1, 0.15) is 115 Å². The first-order valence-corrected chi connectivity index (χ1v) is 16.2. The molecule has 3 fully saturated rings. The Bertz CT molecular complexity index is 1310. The molecule has 2 nitrogen and oxygen atoms in total. The maximum Gasteiger partial charge on any atom is 0.248 e. The Hall–Kier alpha value is -2.07. The monoisotopic (exact) mass is 545 g/mol. The molecule has 1 aromatic carbocycles. The number of hydrogen-bond acceptors (Lipinski definition) is 2. The number of aromatic nitrogens is 1. The molecular weight excluding hydrogens is 500 g/mol. The lowest BCUT2D eigenvalue weighted by Crippen LogP contribution is -2.48. The van der Waals surface area contributed by atoms with E-state index in [0.717, 1.165) is 51.4 Å². The zero-order chi connectivity index (χ0) is 27.4. The summed E-state index contributed by atoms with van der Waals surface area (Å²) in [6.45, 7) is 2.43. The second-order valence-electron chi connectivity index (χ2n) is 14.1. The van der Waals surface area contributed by atoms with E-state index in [2.05, 4.69) is 48.3 Å². The van der Waals surface area contributed by atoms with Gasteiger partial charge in [-0.15, -0.1) is 0 Å². The van der Waals surface area contributed by atoms with Crippen LogP contribution in [0.4, 0.5) is 8.78 Å². The minimum atomic E-state index is -2.44. The fraction of sp³-hybridized carbons (Fsp3) is 0.639. The van der Waals surface area contributed by atoms with E-state index in [1.54, 1.807) is 0 Å². The molecule has 1 saturated heterocycles. The Morgan fingerprint density at radius 3 is 2.67 bits per heavy atom. The molecule has 40 heavy (non-hydrogen) atoms. The predicted molar refractivity (Wildman–Crippen MR) is 158 cm³/mol. The van der Waals surface area contributed by atoms with Crippen molar-refractivity contribution in [1.82, 2.24) is 4.98 Å². The van der Waals surface area contributed by atoms with Crippen molar-refractivity contribution in [3.8, 4) is 0 Å². The maximum absolute atomic E-state index is 14.0. The topological polar surface area (TPSA) is 22.1 Å². The molecule has 2 saturated carbocycles. The summed E-state index contributed by atoms with van der Waals surface area (Å²) in [4.78, 5) is 4.35. The van der Waals surface area contributed by atoms with Gasteiger partial charge in [0.1, 0.15) is 0 Å². The summed E-state index contributed by atoms with van der Waals surface area (Å²) < 4.78 is 35.4. The van der Waals surface area contributed by atoms with Crippen LogP contribution in [-0.4, -0.2) is 22.1 Å². The third-order valence-corrected chi connectivity index (χ3v) is 11.6. The largest absolute Gasteiger partial charge is 0.359 e. The predicted octanol–water partition coefficient (Wildman–Crippen LogP) is 10.1. The summed E-state index contributed by atoms with van der Waals surface area (Å²) in [5, 5.41) is 2.50. The van der Waals surface area contributed by atoms with Gasteiger partial charge in [-0.25, -0.2) is 8.78 Å². The van der Waals surface area contributed by atoms with E-state index in [9.17, 15) is 8.78 Å². The van der Waals surface area contributed by atoms with Crippen molar-refractivity contribution in [1.29, 1.82) is 0 Å². The molecule has 3 aliphatic carbocycles. The first-order chi connectivity index (χ1) is 19.3. The van der Waals surface area contributed by atoms with Crippen LogP contribution in [0.15, 0.2) is 60.0 Å². The Kier molecular flexibility index (Phi) is 6.92. The molecule has 0 N–H and O–H groups in total. The van der Waals surface area contributed by atoms with E-state index >= 15 is 0 Å². The lowest BCUT2D eigenvalue weighted by atomic mass is 9.70. The molecule has 0 radical (unpaired) electrons. The number of benzene rings is 1. The van der Waals surface area contributed by atoms with Crippen molar-refractivity contribution in [3.63, 3.8) is 0 Å². The minimum Gasteiger partial charge on any atom is -0.359 e. The highest BCUT2D eigenvalue weighted by Crippen LogP contribution is 2.60. The molecule has 3 heterocycles. The summed E-state index contributed by atoms with van der Waals surface area (Å²) >= 11 is 0. The van der Waals surface area contributed by atoms with Crippen molar-refractivity contribution in [2.24, 2.45) is 17.8 Å². The number of ether oxygens (including phenoxy) is 1. The van der Waals surface area contributed by atoms with Crippen LogP contribution in [0.2, 0.25) is 0 Å². The van der Waals surface area contributed by atoms with Gasteiger partial charge >= 0.3 is 0 Å². The fourth-order valence-corrected chi connectivity index (χ4v) is 9.27. The molecule has 2 aliphatic heterocycles. The van der Waals surface area contributed by atoms with Crippen molar-refractivity contribution in [3.05, 3.63) is 65.5 Å². The van der Waals surface area contributed by atoms with Crippen molar-refractivity contribution in [2.75, 3.05) is 0 Å². The first-order valence-electron chi connectivity index (χ1n) is 16.2. The van der Waals surface area contributed by atoms with Gasteiger partial charge in [-0.3, -0.25) is 4.98 Å². The van der Waals surface area contributed by atoms with Crippen LogP contribution in [0, 0.1) is 17.8 Å². The summed E-state index contributed by atoms with van der Waals surface area (Å²) in [5.41, 5.74) is 4.16. The SMILES string of the molecule is CC1CCC(c2ccc3ccncc3c2)CCC=C2C=C3CCC(CCC4CCCC(F)(F)C4)CC34CCC21O4. The highest BCUT2D eigenvalue weighted by molar-refractivity contribution is 5.82. The minimum absolute atomic E-state index is 0.0919. The molecular formula is C36H45F2NO. The van der Waals surface area contributed by atoms with Crippen LogP contribution in [0.3, 0.4) is 0 Å². The fourth-order valence-electron chi connectivity index (χ4n) is 9.27. The molecule has 6 unspecified atom stereocenters. The van der Waals surface area contributed by atoms with Crippen LogP contribution >= 0.6 is 0 Å². The van der Waals surface area contributed by atoms with Gasteiger partial charge in [0, 0.05) is 30.6 Å². The van der Waals surface area contributed by atoms with E-state index in [-0.39, 0.29) is 30.0 Å². The Labute approximate surface area is 238 Å². The summed E-state index contributed by atoms with van der Waals surface area (Å²) in [5.74, 6) is -0.594. The van der Waals surface area contributed by atoms with Crippen LogP contribution in [-0.2, 0) is 4.74 Å². The van der Waals surface area contributed by atoms with E-state index in [1.165, 1.54) is 53.2 Å². The van der Waals surface area contributed by atoms with Gasteiger partial charge in [0.15, 0.2) is 0 Å². The van der Waals surface area contributed by atoms with Gasteiger partial charge < -0.3 is 4.74 Å². The number of nitrogens with zero attached hydrogens (tertiary/aromatic N) is 1. The van der Waals surface area contributed by atoms with Gasteiger partial charge in [-0.05, 0) is 129 Å². The van der Waals surface area contributed by atoms with Gasteiger partial charge in [-0.2, -0.15) is 0 Å². The van der Waals surface area contributed by atoms with E-state index < -0.39 is 5.92 Å².